The number of hydrogen-bond acceptors (Lipinski definition) is 2. The maximum atomic E-state index is 12.3. The van der Waals surface area contributed by atoms with E-state index in [1.54, 1.807) is 0 Å². The van der Waals surface area contributed by atoms with E-state index < -0.39 is 5.54 Å². The van der Waals surface area contributed by atoms with Crippen molar-refractivity contribution in [1.82, 2.24) is 10.6 Å². The predicted molar refractivity (Wildman–Crippen MR) is 73.4 cm³/mol. The summed E-state index contributed by atoms with van der Waals surface area (Å²) in [5, 5.41) is 6.41. The van der Waals surface area contributed by atoms with E-state index in [9.17, 15) is 4.79 Å². The van der Waals surface area contributed by atoms with Gasteiger partial charge in [-0.1, -0.05) is 24.3 Å². The molecule has 1 fully saturated rings. The van der Waals surface area contributed by atoms with Crippen molar-refractivity contribution >= 4 is 5.91 Å². The molecule has 1 amide bonds. The number of aryl methyl sites for hydroxylation is 1. The van der Waals surface area contributed by atoms with Crippen LogP contribution in [0.5, 0.6) is 0 Å². The first-order valence-electron chi connectivity index (χ1n) is 6.64. The summed E-state index contributed by atoms with van der Waals surface area (Å²) in [4.78, 5) is 12.3. The van der Waals surface area contributed by atoms with Gasteiger partial charge in [0.1, 0.15) is 0 Å². The first kappa shape index (κ1) is 13.1. The summed E-state index contributed by atoms with van der Waals surface area (Å²) in [6, 6.07) is 8.24. The van der Waals surface area contributed by atoms with Crippen molar-refractivity contribution in [2.24, 2.45) is 0 Å². The Morgan fingerprint density at radius 3 is 2.78 bits per heavy atom. The van der Waals surface area contributed by atoms with Crippen molar-refractivity contribution in [3.8, 4) is 0 Å². The molecule has 1 unspecified atom stereocenters. The fourth-order valence-corrected chi connectivity index (χ4v) is 2.59. The molecule has 1 saturated heterocycles. The minimum Gasteiger partial charge on any atom is -0.348 e. The van der Waals surface area contributed by atoms with Crippen molar-refractivity contribution < 1.29 is 4.79 Å². The van der Waals surface area contributed by atoms with E-state index >= 15 is 0 Å². The lowest BCUT2D eigenvalue weighted by atomic mass is 9.97. The van der Waals surface area contributed by atoms with E-state index in [1.165, 1.54) is 11.1 Å². The lowest BCUT2D eigenvalue weighted by Crippen LogP contribution is -2.51. The molecule has 2 N–H and O–H groups in total. The van der Waals surface area contributed by atoms with E-state index in [0.29, 0.717) is 0 Å². The zero-order valence-electron chi connectivity index (χ0n) is 11.4. The smallest absolute Gasteiger partial charge is 0.240 e. The Hall–Kier alpha value is -1.35. The van der Waals surface area contributed by atoms with Crippen molar-refractivity contribution in [2.75, 3.05) is 6.54 Å². The molecule has 3 heteroatoms. The van der Waals surface area contributed by atoms with Gasteiger partial charge >= 0.3 is 0 Å². The maximum absolute atomic E-state index is 12.3. The molecular formula is C15H22N2O. The average Bonchev–Trinajstić information content (AvgIpc) is 2.78. The Bertz CT molecular complexity index is 436. The molecule has 0 aromatic heterocycles. The number of carbonyl (C=O) groups is 1. The van der Waals surface area contributed by atoms with Gasteiger partial charge in [-0.25, -0.2) is 0 Å². The molecule has 2 atom stereocenters. The summed E-state index contributed by atoms with van der Waals surface area (Å²) in [6.45, 7) is 7.04. The van der Waals surface area contributed by atoms with Crippen LogP contribution in [-0.2, 0) is 4.79 Å². The summed E-state index contributed by atoms with van der Waals surface area (Å²) in [6.07, 6.45) is 1.99. The topological polar surface area (TPSA) is 41.1 Å². The summed E-state index contributed by atoms with van der Waals surface area (Å²) in [7, 11) is 0. The largest absolute Gasteiger partial charge is 0.348 e. The van der Waals surface area contributed by atoms with Crippen molar-refractivity contribution in [2.45, 2.75) is 45.2 Å². The van der Waals surface area contributed by atoms with E-state index in [1.807, 2.05) is 26.0 Å². The van der Waals surface area contributed by atoms with Gasteiger partial charge in [0, 0.05) is 0 Å². The summed E-state index contributed by atoms with van der Waals surface area (Å²) >= 11 is 0. The predicted octanol–water partition coefficient (Wildman–Crippen LogP) is 2.31. The first-order valence-corrected chi connectivity index (χ1v) is 6.64. The van der Waals surface area contributed by atoms with Crippen LogP contribution in [0.25, 0.3) is 0 Å². The van der Waals surface area contributed by atoms with Crippen LogP contribution in [0.1, 0.15) is 43.9 Å². The third-order valence-corrected chi connectivity index (χ3v) is 3.87. The average molecular weight is 246 g/mol. The quantitative estimate of drug-likeness (QED) is 0.859. The van der Waals surface area contributed by atoms with Crippen molar-refractivity contribution in [3.63, 3.8) is 0 Å². The monoisotopic (exact) mass is 246 g/mol. The second-order valence-electron chi connectivity index (χ2n) is 5.41. The van der Waals surface area contributed by atoms with Crippen LogP contribution in [0.4, 0.5) is 0 Å². The number of benzene rings is 1. The van der Waals surface area contributed by atoms with Gasteiger partial charge in [-0.2, -0.15) is 0 Å². The molecule has 1 aromatic rings. The van der Waals surface area contributed by atoms with Gasteiger partial charge in [0.15, 0.2) is 0 Å². The summed E-state index contributed by atoms with van der Waals surface area (Å²) < 4.78 is 0. The third kappa shape index (κ3) is 2.56. The maximum Gasteiger partial charge on any atom is 0.240 e. The van der Waals surface area contributed by atoms with Gasteiger partial charge in [-0.05, 0) is 51.3 Å². The third-order valence-electron chi connectivity index (χ3n) is 3.87. The molecule has 0 saturated carbocycles. The number of rotatable bonds is 3. The zero-order chi connectivity index (χ0) is 13.2. The molecule has 1 heterocycles. The minimum atomic E-state index is -0.392. The fourth-order valence-electron chi connectivity index (χ4n) is 2.59. The highest BCUT2D eigenvalue weighted by atomic mass is 16.2. The minimum absolute atomic E-state index is 0.0536. The highest BCUT2D eigenvalue weighted by molar-refractivity contribution is 5.86. The highest BCUT2D eigenvalue weighted by Crippen LogP contribution is 2.22. The molecule has 0 aliphatic carbocycles. The first-order chi connectivity index (χ1) is 8.53. The van der Waals surface area contributed by atoms with E-state index in [2.05, 4.69) is 29.7 Å². The van der Waals surface area contributed by atoms with E-state index in [4.69, 9.17) is 0 Å². The van der Waals surface area contributed by atoms with Crippen molar-refractivity contribution in [1.29, 1.82) is 0 Å². The lowest BCUT2D eigenvalue weighted by molar-refractivity contribution is -0.127. The van der Waals surface area contributed by atoms with Gasteiger partial charge in [0.25, 0.3) is 0 Å². The molecule has 1 aliphatic rings. The van der Waals surface area contributed by atoms with Crippen LogP contribution in [-0.4, -0.2) is 18.0 Å². The molecule has 18 heavy (non-hydrogen) atoms. The number of nitrogens with one attached hydrogen (secondary N) is 2. The Morgan fingerprint density at radius 2 is 2.17 bits per heavy atom. The molecule has 98 valence electrons. The van der Waals surface area contributed by atoms with Gasteiger partial charge in [0.05, 0.1) is 11.6 Å². The van der Waals surface area contributed by atoms with Crippen LogP contribution in [0.15, 0.2) is 24.3 Å². The van der Waals surface area contributed by atoms with Crippen molar-refractivity contribution in [3.05, 3.63) is 35.4 Å². The Morgan fingerprint density at radius 1 is 1.44 bits per heavy atom. The van der Waals surface area contributed by atoms with Crippen LogP contribution >= 0.6 is 0 Å². The van der Waals surface area contributed by atoms with Crippen LogP contribution in [0, 0.1) is 6.92 Å². The SMILES string of the molecule is Cc1ccccc1[C@@H](C)NC(=O)C1(C)CCCN1. The summed E-state index contributed by atoms with van der Waals surface area (Å²) in [5.74, 6) is 0.107. The second kappa shape index (κ2) is 5.11. The summed E-state index contributed by atoms with van der Waals surface area (Å²) in [5.41, 5.74) is 2.01. The molecule has 2 rings (SSSR count). The molecule has 1 aromatic carbocycles. The Kier molecular flexibility index (Phi) is 3.71. The molecule has 3 nitrogen and oxygen atoms in total. The van der Waals surface area contributed by atoms with Crippen LogP contribution in [0.2, 0.25) is 0 Å². The molecule has 0 bridgehead atoms. The lowest BCUT2D eigenvalue weighted by Gasteiger charge is -2.26. The highest BCUT2D eigenvalue weighted by Gasteiger charge is 2.36. The molecule has 0 radical (unpaired) electrons. The van der Waals surface area contributed by atoms with E-state index in [0.717, 1.165) is 19.4 Å². The Balaban J connectivity index is 2.06. The van der Waals surface area contributed by atoms with Crippen LogP contribution in [0.3, 0.4) is 0 Å². The van der Waals surface area contributed by atoms with Gasteiger partial charge in [0.2, 0.25) is 5.91 Å². The number of hydrogen-bond donors (Lipinski definition) is 2. The van der Waals surface area contributed by atoms with Gasteiger partial charge < -0.3 is 10.6 Å². The fraction of sp³-hybridized carbons (Fsp3) is 0.533. The number of amides is 1. The Labute approximate surface area is 109 Å². The normalized spacial score (nSPS) is 24.8. The second-order valence-corrected chi connectivity index (χ2v) is 5.41. The zero-order valence-corrected chi connectivity index (χ0v) is 11.4. The van der Waals surface area contributed by atoms with Gasteiger partial charge in [-0.3, -0.25) is 4.79 Å². The number of carbonyl (C=O) groups excluding carboxylic acids is 1. The van der Waals surface area contributed by atoms with E-state index in [-0.39, 0.29) is 11.9 Å². The molecule has 0 spiro atoms. The molecular weight excluding hydrogens is 224 g/mol. The van der Waals surface area contributed by atoms with Crippen LogP contribution < -0.4 is 10.6 Å². The van der Waals surface area contributed by atoms with Gasteiger partial charge in [-0.15, -0.1) is 0 Å². The standard InChI is InChI=1S/C15H22N2O/c1-11-7-4-5-8-13(11)12(2)17-14(18)15(3)9-6-10-16-15/h4-5,7-8,12,16H,6,9-10H2,1-3H3,(H,17,18)/t12-,15?/m1/s1. The molecule has 1 aliphatic heterocycles.